The Morgan fingerprint density at radius 2 is 2.00 bits per heavy atom. The van der Waals surface area contributed by atoms with Gasteiger partial charge >= 0.3 is 5.97 Å². The van der Waals surface area contributed by atoms with Crippen molar-refractivity contribution in [3.8, 4) is 0 Å². The molecular weight excluding hydrogens is 294 g/mol. The van der Waals surface area contributed by atoms with E-state index in [1.807, 2.05) is 0 Å². The molecule has 0 spiro atoms. The lowest BCUT2D eigenvalue weighted by Crippen LogP contribution is -2.31. The zero-order valence-corrected chi connectivity index (χ0v) is 12.4. The first kappa shape index (κ1) is 14.5. The van der Waals surface area contributed by atoms with Crippen molar-refractivity contribution in [1.29, 1.82) is 0 Å². The molecular formula is C13H19N3O4S. The molecule has 1 aromatic heterocycles. The first-order valence-corrected chi connectivity index (χ1v) is 8.68. The van der Waals surface area contributed by atoms with E-state index in [4.69, 9.17) is 5.11 Å². The number of hydrogen-bond donors (Lipinski definition) is 2. The van der Waals surface area contributed by atoms with Crippen LogP contribution in [0.25, 0.3) is 0 Å². The zero-order chi connectivity index (χ0) is 15.0. The second-order valence-corrected chi connectivity index (χ2v) is 7.72. The van der Waals surface area contributed by atoms with Gasteiger partial charge in [-0.2, -0.15) is 5.10 Å². The fourth-order valence-electron chi connectivity index (χ4n) is 2.76. The quantitative estimate of drug-likeness (QED) is 0.735. The van der Waals surface area contributed by atoms with E-state index in [1.54, 1.807) is 0 Å². The third-order valence-electron chi connectivity index (χ3n) is 4.18. The Morgan fingerprint density at radius 3 is 2.52 bits per heavy atom. The first-order chi connectivity index (χ1) is 9.95. The van der Waals surface area contributed by atoms with Gasteiger partial charge in [-0.1, -0.05) is 0 Å². The number of hydrogen-bond acceptors (Lipinski definition) is 4. The summed E-state index contributed by atoms with van der Waals surface area (Å²) < 4.78 is 28.2. The Hall–Kier alpha value is -1.41. The van der Waals surface area contributed by atoms with Crippen LogP contribution in [0.5, 0.6) is 0 Å². The van der Waals surface area contributed by atoms with Crippen molar-refractivity contribution in [3.05, 3.63) is 12.4 Å². The lowest BCUT2D eigenvalue weighted by molar-refractivity contribution is -0.137. The van der Waals surface area contributed by atoms with E-state index in [-0.39, 0.29) is 11.4 Å². The molecule has 0 bridgehead atoms. The summed E-state index contributed by atoms with van der Waals surface area (Å²) in [4.78, 5) is 10.6. The fourth-order valence-corrected chi connectivity index (χ4v) is 3.79. The van der Waals surface area contributed by atoms with Crippen LogP contribution in [0.2, 0.25) is 0 Å². The summed E-state index contributed by atoms with van der Waals surface area (Å²) in [6.07, 6.45) is 7.27. The minimum Gasteiger partial charge on any atom is -0.480 e. The Labute approximate surface area is 123 Å². The van der Waals surface area contributed by atoms with Gasteiger partial charge in [0.2, 0.25) is 10.0 Å². The van der Waals surface area contributed by atoms with E-state index in [2.05, 4.69) is 9.82 Å². The number of carboxylic acid groups (broad SMARTS) is 1. The number of rotatable bonds is 8. The normalized spacial score (nSPS) is 19.1. The number of nitrogens with zero attached hydrogens (tertiary/aromatic N) is 2. The molecule has 2 N–H and O–H groups in total. The molecule has 0 radical (unpaired) electrons. The van der Waals surface area contributed by atoms with Crippen molar-refractivity contribution in [3.63, 3.8) is 0 Å². The van der Waals surface area contributed by atoms with Crippen LogP contribution in [0, 0.1) is 17.8 Å². The van der Waals surface area contributed by atoms with Gasteiger partial charge in [0.1, 0.15) is 11.4 Å². The summed E-state index contributed by atoms with van der Waals surface area (Å²) >= 11 is 0. The predicted molar refractivity (Wildman–Crippen MR) is 74.0 cm³/mol. The van der Waals surface area contributed by atoms with Gasteiger partial charge in [-0.15, -0.1) is 0 Å². The molecule has 8 heteroatoms. The molecule has 0 amide bonds. The third kappa shape index (κ3) is 3.62. The van der Waals surface area contributed by atoms with Gasteiger partial charge < -0.3 is 5.11 Å². The third-order valence-corrected chi connectivity index (χ3v) is 5.56. The first-order valence-electron chi connectivity index (χ1n) is 7.19. The molecule has 0 aromatic carbocycles. The maximum Gasteiger partial charge on any atom is 0.325 e. The monoisotopic (exact) mass is 313 g/mol. The molecule has 0 saturated heterocycles. The van der Waals surface area contributed by atoms with Gasteiger partial charge in [-0.05, 0) is 43.4 Å². The Balaban J connectivity index is 1.62. The van der Waals surface area contributed by atoms with Crippen LogP contribution < -0.4 is 4.72 Å². The molecule has 2 saturated carbocycles. The standard InChI is InChI=1S/C13H19N3O4S/c17-13(18)8-16-7-11(5-14-16)21(19,20)15-6-12(9-1-2-9)10-3-4-10/h5,7,9-10,12,15H,1-4,6,8H2,(H,17,18). The van der Waals surface area contributed by atoms with Gasteiger partial charge in [0.05, 0.1) is 6.20 Å². The van der Waals surface area contributed by atoms with Crippen molar-refractivity contribution < 1.29 is 18.3 Å². The van der Waals surface area contributed by atoms with Crippen molar-refractivity contribution >= 4 is 16.0 Å². The van der Waals surface area contributed by atoms with Crippen LogP contribution in [-0.2, 0) is 21.4 Å². The smallest absolute Gasteiger partial charge is 0.325 e. The summed E-state index contributed by atoms with van der Waals surface area (Å²) in [6, 6.07) is 0. The molecule has 21 heavy (non-hydrogen) atoms. The molecule has 1 heterocycles. The number of carboxylic acids is 1. The van der Waals surface area contributed by atoms with Crippen LogP contribution in [0.3, 0.4) is 0 Å². The summed E-state index contributed by atoms with van der Waals surface area (Å²) in [7, 11) is -3.61. The highest BCUT2D eigenvalue weighted by Gasteiger charge is 2.41. The SMILES string of the molecule is O=C(O)Cn1cc(S(=O)(=O)NCC(C2CC2)C2CC2)cn1. The van der Waals surface area contributed by atoms with Crippen LogP contribution in [0.15, 0.2) is 17.3 Å². The van der Waals surface area contributed by atoms with E-state index in [9.17, 15) is 13.2 Å². The number of aromatic nitrogens is 2. The van der Waals surface area contributed by atoms with Crippen molar-refractivity contribution in [2.45, 2.75) is 37.1 Å². The van der Waals surface area contributed by atoms with Crippen LogP contribution in [-0.4, -0.2) is 35.8 Å². The summed E-state index contributed by atoms with van der Waals surface area (Å²) in [5.74, 6) is 0.747. The minimum absolute atomic E-state index is 0.0223. The number of nitrogens with one attached hydrogen (secondary N) is 1. The highest BCUT2D eigenvalue weighted by Crippen LogP contribution is 2.48. The number of carbonyl (C=O) groups is 1. The lowest BCUT2D eigenvalue weighted by atomic mass is 9.99. The summed E-state index contributed by atoms with van der Waals surface area (Å²) in [5, 5.41) is 12.4. The van der Waals surface area contributed by atoms with Gasteiger partial charge in [0, 0.05) is 12.7 Å². The molecule has 0 aliphatic heterocycles. The molecule has 2 aliphatic rings. The highest BCUT2D eigenvalue weighted by atomic mass is 32.2. The Kier molecular flexibility index (Phi) is 3.75. The van der Waals surface area contributed by atoms with E-state index >= 15 is 0 Å². The van der Waals surface area contributed by atoms with E-state index in [0.29, 0.717) is 24.3 Å². The second kappa shape index (κ2) is 5.42. The Bertz CT molecular complexity index is 620. The van der Waals surface area contributed by atoms with E-state index < -0.39 is 16.0 Å². The molecule has 0 atom stereocenters. The molecule has 0 unspecified atom stereocenters. The van der Waals surface area contributed by atoms with Gasteiger partial charge in [0.25, 0.3) is 0 Å². The molecule has 3 rings (SSSR count). The summed E-state index contributed by atoms with van der Waals surface area (Å²) in [6.45, 7) is 0.129. The average Bonchev–Trinajstić information content (AvgIpc) is 3.31. The second-order valence-electron chi connectivity index (χ2n) is 5.96. The van der Waals surface area contributed by atoms with Gasteiger partial charge in [0.15, 0.2) is 0 Å². The molecule has 116 valence electrons. The molecule has 2 aliphatic carbocycles. The average molecular weight is 313 g/mol. The topological polar surface area (TPSA) is 101 Å². The van der Waals surface area contributed by atoms with Crippen LogP contribution in [0.1, 0.15) is 25.7 Å². The lowest BCUT2D eigenvalue weighted by Gasteiger charge is -2.15. The van der Waals surface area contributed by atoms with Crippen molar-refractivity contribution in [2.75, 3.05) is 6.54 Å². The maximum atomic E-state index is 12.2. The number of aliphatic carboxylic acids is 1. The van der Waals surface area contributed by atoms with Gasteiger partial charge in [-0.3, -0.25) is 9.48 Å². The van der Waals surface area contributed by atoms with Crippen molar-refractivity contribution in [1.82, 2.24) is 14.5 Å². The van der Waals surface area contributed by atoms with Crippen LogP contribution in [0.4, 0.5) is 0 Å². The summed E-state index contributed by atoms with van der Waals surface area (Å²) in [5.41, 5.74) is 0. The highest BCUT2D eigenvalue weighted by molar-refractivity contribution is 7.89. The number of sulfonamides is 1. The zero-order valence-electron chi connectivity index (χ0n) is 11.6. The fraction of sp³-hybridized carbons (Fsp3) is 0.692. The maximum absolute atomic E-state index is 12.2. The van der Waals surface area contributed by atoms with Gasteiger partial charge in [-0.25, -0.2) is 13.1 Å². The molecule has 1 aromatic rings. The predicted octanol–water partition coefficient (Wildman–Crippen LogP) is 0.682. The minimum atomic E-state index is -3.61. The van der Waals surface area contributed by atoms with E-state index in [1.165, 1.54) is 38.1 Å². The molecule has 7 nitrogen and oxygen atoms in total. The van der Waals surface area contributed by atoms with Crippen molar-refractivity contribution in [2.24, 2.45) is 17.8 Å². The molecule has 2 fully saturated rings. The van der Waals surface area contributed by atoms with Crippen LogP contribution >= 0.6 is 0 Å². The van der Waals surface area contributed by atoms with E-state index in [0.717, 1.165) is 4.68 Å². The largest absolute Gasteiger partial charge is 0.480 e. The Morgan fingerprint density at radius 1 is 1.38 bits per heavy atom.